The number of nitrogens with two attached hydrogens (primary N) is 1. The Bertz CT molecular complexity index is 281. The zero-order chi connectivity index (χ0) is 11.6. The highest BCUT2D eigenvalue weighted by molar-refractivity contribution is 7.99. The molecule has 0 saturated carbocycles. The summed E-state index contributed by atoms with van der Waals surface area (Å²) >= 11 is 1.60. The van der Waals surface area contributed by atoms with E-state index in [-0.39, 0.29) is 0 Å². The van der Waals surface area contributed by atoms with Crippen molar-refractivity contribution in [2.45, 2.75) is 31.5 Å². The monoisotopic (exact) mass is 245 g/mol. The minimum Gasteiger partial charge on any atom is -0.381 e. The van der Waals surface area contributed by atoms with Crippen molar-refractivity contribution in [1.82, 2.24) is 20.2 Å². The number of aromatic nitrogens is 4. The molecular formula is C9H19N5OS. The molecule has 0 aromatic carbocycles. The quantitative estimate of drug-likeness (QED) is 0.505. The maximum absolute atomic E-state index is 5.45. The number of thioether (sulfide) groups is 1. The molecule has 6 nitrogen and oxygen atoms in total. The highest BCUT2D eigenvalue weighted by Gasteiger charge is 2.04. The first-order valence-corrected chi connectivity index (χ1v) is 6.53. The summed E-state index contributed by atoms with van der Waals surface area (Å²) in [5.74, 6) is 0.870. The van der Waals surface area contributed by atoms with Gasteiger partial charge >= 0.3 is 0 Å². The van der Waals surface area contributed by atoms with Crippen molar-refractivity contribution in [3.8, 4) is 0 Å². The number of rotatable bonds is 9. The van der Waals surface area contributed by atoms with E-state index in [1.165, 1.54) is 6.42 Å². The van der Waals surface area contributed by atoms with E-state index >= 15 is 0 Å². The first-order valence-electron chi connectivity index (χ1n) is 5.55. The summed E-state index contributed by atoms with van der Waals surface area (Å²) in [7, 11) is 0. The maximum Gasteiger partial charge on any atom is 0.209 e. The molecule has 92 valence electrons. The van der Waals surface area contributed by atoms with Gasteiger partial charge in [-0.2, -0.15) is 0 Å². The fraction of sp³-hybridized carbons (Fsp3) is 0.889. The standard InChI is InChI=1S/C9H19N5OS/c1-2-3-6-15-7-8-16-9-11-12-13-14(9)5-4-10/h2-8,10H2,1H3. The minimum atomic E-state index is 0.547. The molecule has 1 aromatic heterocycles. The number of nitrogens with zero attached hydrogens (tertiary/aromatic N) is 4. The summed E-state index contributed by atoms with van der Waals surface area (Å²) in [5, 5.41) is 12.2. The van der Waals surface area contributed by atoms with Gasteiger partial charge in [0.05, 0.1) is 13.2 Å². The Morgan fingerprint density at radius 2 is 2.31 bits per heavy atom. The fourth-order valence-corrected chi connectivity index (χ4v) is 1.86. The summed E-state index contributed by atoms with van der Waals surface area (Å²) in [5.41, 5.74) is 5.45. The lowest BCUT2D eigenvalue weighted by atomic mass is 10.4. The fourth-order valence-electron chi connectivity index (χ4n) is 1.10. The van der Waals surface area contributed by atoms with Gasteiger partial charge in [-0.05, 0) is 16.8 Å². The summed E-state index contributed by atoms with van der Waals surface area (Å²) in [4.78, 5) is 0. The van der Waals surface area contributed by atoms with Gasteiger partial charge in [0.25, 0.3) is 0 Å². The second kappa shape index (κ2) is 8.49. The molecular weight excluding hydrogens is 226 g/mol. The van der Waals surface area contributed by atoms with Gasteiger partial charge in [-0.15, -0.1) is 5.10 Å². The maximum atomic E-state index is 5.45. The van der Waals surface area contributed by atoms with Crippen LogP contribution in [-0.4, -0.2) is 45.7 Å². The Labute approximate surface area is 99.9 Å². The number of tetrazole rings is 1. The van der Waals surface area contributed by atoms with Crippen LogP contribution in [0.15, 0.2) is 5.16 Å². The second-order valence-corrected chi connectivity index (χ2v) is 4.35. The summed E-state index contributed by atoms with van der Waals surface area (Å²) < 4.78 is 7.17. The van der Waals surface area contributed by atoms with Gasteiger partial charge in [0, 0.05) is 18.9 Å². The van der Waals surface area contributed by atoms with Crippen LogP contribution in [0.4, 0.5) is 0 Å². The van der Waals surface area contributed by atoms with Gasteiger partial charge in [-0.1, -0.05) is 25.1 Å². The van der Waals surface area contributed by atoms with E-state index in [2.05, 4.69) is 22.4 Å². The smallest absolute Gasteiger partial charge is 0.209 e. The lowest BCUT2D eigenvalue weighted by Crippen LogP contribution is -2.12. The third-order valence-corrected chi connectivity index (χ3v) is 2.86. The van der Waals surface area contributed by atoms with Crippen LogP contribution in [0.5, 0.6) is 0 Å². The van der Waals surface area contributed by atoms with Crippen LogP contribution in [0, 0.1) is 0 Å². The summed E-state index contributed by atoms with van der Waals surface area (Å²) in [6.45, 7) is 4.93. The van der Waals surface area contributed by atoms with E-state index < -0.39 is 0 Å². The van der Waals surface area contributed by atoms with Crippen molar-refractivity contribution >= 4 is 11.8 Å². The SMILES string of the molecule is CCCCOCCSc1nnnn1CCN. The Balaban J connectivity index is 2.13. The third-order valence-electron chi connectivity index (χ3n) is 1.94. The second-order valence-electron chi connectivity index (χ2n) is 3.29. The molecule has 1 aromatic rings. The molecule has 1 heterocycles. The molecule has 0 aliphatic rings. The van der Waals surface area contributed by atoms with E-state index in [0.717, 1.165) is 30.5 Å². The molecule has 16 heavy (non-hydrogen) atoms. The van der Waals surface area contributed by atoms with Gasteiger partial charge in [-0.3, -0.25) is 0 Å². The topological polar surface area (TPSA) is 78.9 Å². The lowest BCUT2D eigenvalue weighted by Gasteiger charge is -2.03. The number of hydrogen-bond donors (Lipinski definition) is 1. The lowest BCUT2D eigenvalue weighted by molar-refractivity contribution is 0.147. The van der Waals surface area contributed by atoms with E-state index in [1.54, 1.807) is 16.4 Å². The highest BCUT2D eigenvalue weighted by atomic mass is 32.2. The molecule has 0 aliphatic carbocycles. The van der Waals surface area contributed by atoms with Gasteiger partial charge < -0.3 is 10.5 Å². The number of unbranched alkanes of at least 4 members (excludes halogenated alkanes) is 1. The van der Waals surface area contributed by atoms with Crippen LogP contribution in [0.25, 0.3) is 0 Å². The van der Waals surface area contributed by atoms with E-state index in [1.807, 2.05) is 0 Å². The van der Waals surface area contributed by atoms with Gasteiger partial charge in [0.15, 0.2) is 0 Å². The molecule has 7 heteroatoms. The molecule has 0 amide bonds. The van der Waals surface area contributed by atoms with Crippen LogP contribution in [0.2, 0.25) is 0 Å². The van der Waals surface area contributed by atoms with Gasteiger partial charge in [0.2, 0.25) is 5.16 Å². The van der Waals surface area contributed by atoms with Crippen molar-refractivity contribution < 1.29 is 4.74 Å². The molecule has 0 bridgehead atoms. The van der Waals surface area contributed by atoms with E-state index in [4.69, 9.17) is 10.5 Å². The Morgan fingerprint density at radius 3 is 3.06 bits per heavy atom. The summed E-state index contributed by atoms with van der Waals surface area (Å²) in [6.07, 6.45) is 2.29. The van der Waals surface area contributed by atoms with Gasteiger partial charge in [-0.25, -0.2) is 4.68 Å². The Kier molecular flexibility index (Phi) is 7.11. The van der Waals surface area contributed by atoms with Crippen molar-refractivity contribution in [2.75, 3.05) is 25.5 Å². The third kappa shape index (κ3) is 4.91. The van der Waals surface area contributed by atoms with Crippen molar-refractivity contribution in [1.29, 1.82) is 0 Å². The van der Waals surface area contributed by atoms with Crippen LogP contribution in [0.3, 0.4) is 0 Å². The predicted octanol–water partition coefficient (Wildman–Crippen LogP) is 0.541. The average molecular weight is 245 g/mol. The first kappa shape index (κ1) is 13.4. The zero-order valence-corrected chi connectivity index (χ0v) is 10.4. The van der Waals surface area contributed by atoms with Crippen LogP contribution < -0.4 is 5.73 Å². The number of hydrogen-bond acceptors (Lipinski definition) is 6. The summed E-state index contributed by atoms with van der Waals surface area (Å²) in [6, 6.07) is 0. The number of ether oxygens (including phenoxy) is 1. The van der Waals surface area contributed by atoms with Crippen molar-refractivity contribution in [3.63, 3.8) is 0 Å². The molecule has 2 N–H and O–H groups in total. The molecule has 0 saturated heterocycles. The average Bonchev–Trinajstić information content (AvgIpc) is 2.72. The van der Waals surface area contributed by atoms with Crippen molar-refractivity contribution in [3.05, 3.63) is 0 Å². The molecule has 1 rings (SSSR count). The van der Waals surface area contributed by atoms with Crippen LogP contribution in [0.1, 0.15) is 19.8 Å². The minimum absolute atomic E-state index is 0.547. The molecule has 0 fully saturated rings. The van der Waals surface area contributed by atoms with Crippen molar-refractivity contribution in [2.24, 2.45) is 5.73 Å². The normalized spacial score (nSPS) is 10.9. The molecule has 0 aliphatic heterocycles. The highest BCUT2D eigenvalue weighted by Crippen LogP contribution is 2.12. The van der Waals surface area contributed by atoms with Crippen LogP contribution >= 0.6 is 11.8 Å². The molecule has 0 unspecified atom stereocenters. The Morgan fingerprint density at radius 1 is 1.44 bits per heavy atom. The molecule has 0 radical (unpaired) electrons. The largest absolute Gasteiger partial charge is 0.381 e. The van der Waals surface area contributed by atoms with E-state index in [0.29, 0.717) is 13.1 Å². The first-order chi connectivity index (χ1) is 7.88. The zero-order valence-electron chi connectivity index (χ0n) is 9.63. The van der Waals surface area contributed by atoms with Gasteiger partial charge in [0.1, 0.15) is 0 Å². The molecule has 0 spiro atoms. The Hall–Kier alpha value is -0.660. The van der Waals surface area contributed by atoms with Crippen LogP contribution in [-0.2, 0) is 11.3 Å². The predicted molar refractivity (Wildman–Crippen MR) is 63.3 cm³/mol. The van der Waals surface area contributed by atoms with E-state index in [9.17, 15) is 0 Å². The molecule has 0 atom stereocenters.